The van der Waals surface area contributed by atoms with Crippen LogP contribution in [0.3, 0.4) is 0 Å². The van der Waals surface area contributed by atoms with Crippen molar-refractivity contribution in [2.75, 3.05) is 13.2 Å². The van der Waals surface area contributed by atoms with Gasteiger partial charge in [0.25, 0.3) is 5.91 Å². The van der Waals surface area contributed by atoms with Crippen molar-refractivity contribution in [3.8, 4) is 5.75 Å². The Labute approximate surface area is 105 Å². The lowest BCUT2D eigenvalue weighted by Gasteiger charge is -2.07. The molecule has 18 heavy (non-hydrogen) atoms. The van der Waals surface area contributed by atoms with Crippen LogP contribution in [0.4, 0.5) is 0 Å². The first-order chi connectivity index (χ1) is 8.72. The third kappa shape index (κ3) is 2.60. The van der Waals surface area contributed by atoms with Gasteiger partial charge >= 0.3 is 0 Å². The average Bonchev–Trinajstić information content (AvgIpc) is 2.37. The van der Waals surface area contributed by atoms with Crippen molar-refractivity contribution in [3.63, 3.8) is 0 Å². The van der Waals surface area contributed by atoms with Crippen LogP contribution in [0.15, 0.2) is 36.4 Å². The lowest BCUT2D eigenvalue weighted by molar-refractivity contribution is 0.0953. The molecule has 0 bridgehead atoms. The summed E-state index contributed by atoms with van der Waals surface area (Å²) in [5, 5.41) is 22.4. The van der Waals surface area contributed by atoms with Crippen LogP contribution in [-0.2, 0) is 0 Å². The van der Waals surface area contributed by atoms with Gasteiger partial charge in [-0.2, -0.15) is 0 Å². The maximum atomic E-state index is 12.0. The van der Waals surface area contributed by atoms with Crippen LogP contribution in [0.5, 0.6) is 5.75 Å². The molecule has 0 unspecified atom stereocenters. The topological polar surface area (TPSA) is 69.6 Å². The molecule has 0 saturated carbocycles. The Morgan fingerprint density at radius 2 is 2.06 bits per heavy atom. The molecule has 94 valence electrons. The number of phenols is 1. The predicted molar refractivity (Wildman–Crippen MR) is 69.6 cm³/mol. The van der Waals surface area contributed by atoms with Gasteiger partial charge in [0.2, 0.25) is 0 Å². The minimum atomic E-state index is -0.167. The van der Waals surface area contributed by atoms with Crippen molar-refractivity contribution < 1.29 is 15.0 Å². The molecule has 0 aliphatic rings. The van der Waals surface area contributed by atoms with Gasteiger partial charge in [0.1, 0.15) is 5.75 Å². The Bertz CT molecular complexity index is 566. The van der Waals surface area contributed by atoms with Crippen LogP contribution >= 0.6 is 0 Å². The minimum absolute atomic E-state index is 0.0592. The van der Waals surface area contributed by atoms with Gasteiger partial charge < -0.3 is 15.5 Å². The monoisotopic (exact) mass is 245 g/mol. The third-order valence-corrected chi connectivity index (χ3v) is 2.73. The molecular weight excluding hydrogens is 230 g/mol. The van der Waals surface area contributed by atoms with Gasteiger partial charge in [0.05, 0.1) is 0 Å². The van der Waals surface area contributed by atoms with Gasteiger partial charge in [-0.05, 0) is 41.5 Å². The zero-order chi connectivity index (χ0) is 13.0. The maximum Gasteiger partial charge on any atom is 0.251 e. The van der Waals surface area contributed by atoms with Gasteiger partial charge in [0, 0.05) is 18.7 Å². The summed E-state index contributed by atoms with van der Waals surface area (Å²) in [6.07, 6.45) is 0.539. The first kappa shape index (κ1) is 12.4. The number of amides is 1. The van der Waals surface area contributed by atoms with Crippen molar-refractivity contribution in [1.29, 1.82) is 0 Å². The summed E-state index contributed by atoms with van der Waals surface area (Å²) in [5.41, 5.74) is 0.574. The van der Waals surface area contributed by atoms with E-state index in [1.165, 1.54) is 0 Å². The number of hydrogen-bond donors (Lipinski definition) is 3. The van der Waals surface area contributed by atoms with E-state index in [0.29, 0.717) is 18.5 Å². The summed E-state index contributed by atoms with van der Waals surface area (Å²) < 4.78 is 0. The zero-order valence-corrected chi connectivity index (χ0v) is 9.89. The third-order valence-electron chi connectivity index (χ3n) is 2.73. The van der Waals surface area contributed by atoms with Crippen LogP contribution in [0.2, 0.25) is 0 Å². The number of hydrogen-bond acceptors (Lipinski definition) is 3. The fourth-order valence-corrected chi connectivity index (χ4v) is 1.85. The molecule has 2 aromatic rings. The highest BCUT2D eigenvalue weighted by molar-refractivity contribution is 6.07. The highest BCUT2D eigenvalue weighted by atomic mass is 16.3. The molecule has 0 radical (unpaired) electrons. The number of aliphatic hydroxyl groups is 1. The summed E-state index contributed by atoms with van der Waals surface area (Å²) in [5.74, 6) is 0.0140. The molecule has 0 fully saturated rings. The van der Waals surface area contributed by atoms with Crippen molar-refractivity contribution in [2.45, 2.75) is 6.42 Å². The number of carbonyl (C=O) groups excluding carboxylic acids is 1. The fraction of sp³-hybridized carbons (Fsp3) is 0.214. The van der Waals surface area contributed by atoms with E-state index in [1.54, 1.807) is 30.3 Å². The van der Waals surface area contributed by atoms with Gasteiger partial charge in [-0.1, -0.05) is 12.1 Å². The van der Waals surface area contributed by atoms with Crippen molar-refractivity contribution in [1.82, 2.24) is 5.32 Å². The fourth-order valence-electron chi connectivity index (χ4n) is 1.85. The summed E-state index contributed by atoms with van der Waals surface area (Å²) in [7, 11) is 0. The Morgan fingerprint density at radius 3 is 2.83 bits per heavy atom. The number of phenolic OH excluding ortho intramolecular Hbond substituents is 1. The lowest BCUT2D eigenvalue weighted by atomic mass is 10.0. The first-order valence-corrected chi connectivity index (χ1v) is 5.83. The standard InChI is InChI=1S/C14H15NO3/c16-8-2-7-15-14(18)13-4-1-3-10-9-11(17)5-6-12(10)13/h1,3-6,9,16-17H,2,7-8H2,(H,15,18). The number of aromatic hydroxyl groups is 1. The van der Waals surface area contributed by atoms with Crippen LogP contribution in [0, 0.1) is 0 Å². The van der Waals surface area contributed by atoms with Crippen molar-refractivity contribution in [2.24, 2.45) is 0 Å². The van der Waals surface area contributed by atoms with Gasteiger partial charge in [-0.3, -0.25) is 4.79 Å². The van der Waals surface area contributed by atoms with Crippen molar-refractivity contribution >= 4 is 16.7 Å². The second-order valence-electron chi connectivity index (χ2n) is 4.04. The number of rotatable bonds is 4. The Morgan fingerprint density at radius 1 is 1.22 bits per heavy atom. The molecule has 4 heteroatoms. The maximum absolute atomic E-state index is 12.0. The number of benzene rings is 2. The smallest absolute Gasteiger partial charge is 0.251 e. The van der Waals surface area contributed by atoms with Crippen LogP contribution in [0.25, 0.3) is 10.8 Å². The molecule has 0 heterocycles. The number of nitrogens with one attached hydrogen (secondary N) is 1. The molecule has 3 N–H and O–H groups in total. The Hall–Kier alpha value is -2.07. The quantitative estimate of drug-likeness (QED) is 0.717. The number of carbonyl (C=O) groups is 1. The molecule has 2 aromatic carbocycles. The van der Waals surface area contributed by atoms with Crippen LogP contribution in [0.1, 0.15) is 16.8 Å². The van der Waals surface area contributed by atoms with Gasteiger partial charge in [0.15, 0.2) is 0 Å². The van der Waals surface area contributed by atoms with E-state index in [4.69, 9.17) is 5.11 Å². The van der Waals surface area contributed by atoms with E-state index in [-0.39, 0.29) is 18.3 Å². The molecule has 0 aromatic heterocycles. The van der Waals surface area contributed by atoms with E-state index < -0.39 is 0 Å². The predicted octanol–water partition coefficient (Wildman–Crippen LogP) is 1.66. The van der Waals surface area contributed by atoms with Crippen molar-refractivity contribution in [3.05, 3.63) is 42.0 Å². The molecule has 0 atom stereocenters. The molecule has 0 spiro atoms. The molecule has 1 amide bonds. The highest BCUT2D eigenvalue weighted by Gasteiger charge is 2.09. The molecule has 2 rings (SSSR count). The van der Waals surface area contributed by atoms with Crippen LogP contribution < -0.4 is 5.32 Å². The molecule has 0 aliphatic heterocycles. The minimum Gasteiger partial charge on any atom is -0.508 e. The van der Waals surface area contributed by atoms with Gasteiger partial charge in [-0.15, -0.1) is 0 Å². The van der Waals surface area contributed by atoms with E-state index >= 15 is 0 Å². The van der Waals surface area contributed by atoms with Crippen LogP contribution in [-0.4, -0.2) is 29.3 Å². The Balaban J connectivity index is 2.30. The van der Waals surface area contributed by atoms with E-state index in [2.05, 4.69) is 5.32 Å². The Kier molecular flexibility index (Phi) is 3.79. The second-order valence-corrected chi connectivity index (χ2v) is 4.04. The second kappa shape index (κ2) is 5.51. The number of fused-ring (bicyclic) bond motifs is 1. The largest absolute Gasteiger partial charge is 0.508 e. The lowest BCUT2D eigenvalue weighted by Crippen LogP contribution is -2.25. The summed E-state index contributed by atoms with van der Waals surface area (Å²) in [6.45, 7) is 0.507. The highest BCUT2D eigenvalue weighted by Crippen LogP contribution is 2.23. The molecule has 4 nitrogen and oxygen atoms in total. The zero-order valence-electron chi connectivity index (χ0n) is 9.89. The first-order valence-electron chi connectivity index (χ1n) is 5.83. The van der Waals surface area contributed by atoms with E-state index in [0.717, 1.165) is 10.8 Å². The van der Waals surface area contributed by atoms with E-state index in [9.17, 15) is 9.90 Å². The van der Waals surface area contributed by atoms with Gasteiger partial charge in [-0.25, -0.2) is 0 Å². The molecule has 0 saturated heterocycles. The SMILES string of the molecule is O=C(NCCCO)c1cccc2cc(O)ccc12. The number of aliphatic hydroxyl groups excluding tert-OH is 1. The molecule has 0 aliphatic carbocycles. The average molecular weight is 245 g/mol. The summed E-state index contributed by atoms with van der Waals surface area (Å²) in [6, 6.07) is 10.3. The summed E-state index contributed by atoms with van der Waals surface area (Å²) >= 11 is 0. The normalized spacial score (nSPS) is 10.5. The van der Waals surface area contributed by atoms with E-state index in [1.807, 2.05) is 6.07 Å². The summed E-state index contributed by atoms with van der Waals surface area (Å²) in [4.78, 5) is 12.0. The molecular formula is C14H15NO3.